The number of hydrazine groups is 1. The molecule has 7 nitrogen and oxygen atoms in total. The molecule has 1 saturated heterocycles. The van der Waals surface area contributed by atoms with Crippen molar-refractivity contribution in [1.29, 1.82) is 0 Å². The van der Waals surface area contributed by atoms with E-state index in [9.17, 15) is 13.2 Å². The summed E-state index contributed by atoms with van der Waals surface area (Å²) in [7, 11) is -2.91. The predicted octanol–water partition coefficient (Wildman–Crippen LogP) is -0.634. The van der Waals surface area contributed by atoms with Crippen LogP contribution >= 0.6 is 11.3 Å². The van der Waals surface area contributed by atoms with E-state index in [1.165, 1.54) is 11.3 Å². The minimum atomic E-state index is -2.91. The fraction of sp³-hybridized carbons (Fsp3) is 0.600. The van der Waals surface area contributed by atoms with Crippen molar-refractivity contribution in [3.63, 3.8) is 0 Å². The van der Waals surface area contributed by atoms with Gasteiger partial charge in [-0.3, -0.25) is 15.1 Å². The van der Waals surface area contributed by atoms with Crippen molar-refractivity contribution in [3.05, 3.63) is 16.1 Å². The van der Waals surface area contributed by atoms with Crippen LogP contribution in [0.3, 0.4) is 0 Å². The Morgan fingerprint density at radius 2 is 2.42 bits per heavy atom. The predicted molar refractivity (Wildman–Crippen MR) is 72.3 cm³/mol. The summed E-state index contributed by atoms with van der Waals surface area (Å²) in [4.78, 5) is 17.5. The van der Waals surface area contributed by atoms with Crippen LogP contribution in [0.15, 0.2) is 5.38 Å². The highest BCUT2D eigenvalue weighted by Crippen LogP contribution is 2.17. The van der Waals surface area contributed by atoms with Gasteiger partial charge in [0.2, 0.25) is 0 Å². The molecule has 0 saturated carbocycles. The first kappa shape index (κ1) is 14.4. The van der Waals surface area contributed by atoms with Crippen LogP contribution in [-0.4, -0.2) is 48.3 Å². The molecule has 0 aliphatic carbocycles. The van der Waals surface area contributed by atoms with Gasteiger partial charge in [-0.25, -0.2) is 19.2 Å². The maximum absolute atomic E-state index is 11.5. The number of aromatic nitrogens is 1. The van der Waals surface area contributed by atoms with E-state index in [2.05, 4.69) is 9.88 Å². The van der Waals surface area contributed by atoms with E-state index in [0.717, 1.165) is 5.69 Å². The Morgan fingerprint density at radius 1 is 1.68 bits per heavy atom. The highest BCUT2D eigenvalue weighted by Gasteiger charge is 2.28. The summed E-state index contributed by atoms with van der Waals surface area (Å²) in [5.74, 6) is 4.98. The molecule has 2 heterocycles. The quantitative estimate of drug-likeness (QED) is 0.437. The molecule has 1 fully saturated rings. The number of hydrogen-bond acceptors (Lipinski definition) is 7. The van der Waals surface area contributed by atoms with E-state index in [1.807, 2.05) is 12.3 Å². The maximum Gasteiger partial charge on any atom is 0.294 e. The lowest BCUT2D eigenvalue weighted by Crippen LogP contribution is -2.46. The second-order valence-corrected chi connectivity index (χ2v) is 7.64. The number of amides is 1. The fourth-order valence-electron chi connectivity index (χ4n) is 2.02. The van der Waals surface area contributed by atoms with Gasteiger partial charge in [-0.05, 0) is 6.92 Å². The first-order chi connectivity index (χ1) is 8.91. The summed E-state index contributed by atoms with van der Waals surface area (Å²) >= 11 is 1.22. The molecule has 106 valence electrons. The van der Waals surface area contributed by atoms with Crippen LogP contribution < -0.4 is 11.3 Å². The van der Waals surface area contributed by atoms with Crippen molar-refractivity contribution < 1.29 is 13.2 Å². The third kappa shape index (κ3) is 3.50. The Bertz CT molecular complexity index is 569. The number of carbonyl (C=O) groups is 1. The molecule has 3 N–H and O–H groups in total. The second-order valence-electron chi connectivity index (χ2n) is 4.55. The molecule has 1 unspecified atom stereocenters. The molecule has 0 radical (unpaired) electrons. The van der Waals surface area contributed by atoms with Gasteiger partial charge in [0.1, 0.15) is 0 Å². The van der Waals surface area contributed by atoms with Gasteiger partial charge in [0.05, 0.1) is 17.2 Å². The number of carbonyl (C=O) groups excluding carboxylic acids is 1. The van der Waals surface area contributed by atoms with Crippen molar-refractivity contribution in [1.82, 2.24) is 15.3 Å². The standard InChI is InChI=1S/C10H16N4O3S2/c1-7-6-19(16,17)3-2-14(7)4-8-5-18-10(12-8)9(15)13-11/h5,7H,2-4,6,11H2,1H3,(H,13,15). The normalized spacial score (nSPS) is 23.2. The van der Waals surface area contributed by atoms with E-state index < -0.39 is 15.7 Å². The van der Waals surface area contributed by atoms with Gasteiger partial charge >= 0.3 is 0 Å². The molecule has 1 atom stereocenters. The van der Waals surface area contributed by atoms with Gasteiger partial charge < -0.3 is 0 Å². The third-order valence-electron chi connectivity index (χ3n) is 3.05. The van der Waals surface area contributed by atoms with Crippen LogP contribution in [0.5, 0.6) is 0 Å². The lowest BCUT2D eigenvalue weighted by Gasteiger charge is -2.32. The van der Waals surface area contributed by atoms with Gasteiger partial charge in [-0.1, -0.05) is 0 Å². The first-order valence-corrected chi connectivity index (χ1v) is 8.51. The summed E-state index contributed by atoms with van der Waals surface area (Å²) in [6.45, 7) is 2.93. The van der Waals surface area contributed by atoms with Crippen LogP contribution in [0.1, 0.15) is 22.4 Å². The van der Waals surface area contributed by atoms with E-state index in [0.29, 0.717) is 18.1 Å². The third-order valence-corrected chi connectivity index (χ3v) is 5.73. The zero-order valence-corrected chi connectivity index (χ0v) is 12.1. The van der Waals surface area contributed by atoms with E-state index in [4.69, 9.17) is 5.84 Å². The number of sulfone groups is 1. The number of nitrogen functional groups attached to an aromatic ring is 1. The highest BCUT2D eigenvalue weighted by atomic mass is 32.2. The molecule has 1 aliphatic heterocycles. The number of nitrogens with one attached hydrogen (secondary N) is 1. The lowest BCUT2D eigenvalue weighted by molar-refractivity contribution is 0.0953. The molecule has 1 aromatic rings. The first-order valence-electron chi connectivity index (χ1n) is 5.81. The van der Waals surface area contributed by atoms with Crippen LogP contribution in [0.2, 0.25) is 0 Å². The van der Waals surface area contributed by atoms with Crippen molar-refractivity contribution in [2.24, 2.45) is 5.84 Å². The lowest BCUT2D eigenvalue weighted by atomic mass is 10.3. The van der Waals surface area contributed by atoms with Crippen molar-refractivity contribution >= 4 is 27.1 Å². The maximum atomic E-state index is 11.5. The molecular formula is C10H16N4O3S2. The number of thiazole rings is 1. The summed E-state index contributed by atoms with van der Waals surface area (Å²) in [5.41, 5.74) is 2.79. The van der Waals surface area contributed by atoms with Gasteiger partial charge in [-0.2, -0.15) is 0 Å². The van der Waals surface area contributed by atoms with Gasteiger partial charge in [0, 0.05) is 24.5 Å². The number of hydrogen-bond donors (Lipinski definition) is 2. The second kappa shape index (κ2) is 5.53. The van der Waals surface area contributed by atoms with Gasteiger partial charge in [0.25, 0.3) is 5.91 Å². The smallest absolute Gasteiger partial charge is 0.293 e. The summed E-state index contributed by atoms with van der Waals surface area (Å²) in [5, 5.41) is 2.11. The Balaban J connectivity index is 2.02. The molecular weight excluding hydrogens is 288 g/mol. The van der Waals surface area contributed by atoms with Crippen LogP contribution in [-0.2, 0) is 16.4 Å². The van der Waals surface area contributed by atoms with E-state index in [-0.39, 0.29) is 17.5 Å². The molecule has 0 aromatic carbocycles. The average molecular weight is 304 g/mol. The van der Waals surface area contributed by atoms with Crippen molar-refractivity contribution in [2.45, 2.75) is 19.5 Å². The zero-order chi connectivity index (χ0) is 14.0. The Morgan fingerprint density at radius 3 is 3.05 bits per heavy atom. The van der Waals surface area contributed by atoms with Crippen LogP contribution in [0, 0.1) is 0 Å². The fourth-order valence-corrected chi connectivity index (χ4v) is 4.36. The summed E-state index contributed by atoms with van der Waals surface area (Å²) in [6, 6.07) is -0.0350. The van der Waals surface area contributed by atoms with Crippen molar-refractivity contribution in [2.75, 3.05) is 18.1 Å². The molecule has 0 bridgehead atoms. The molecule has 9 heteroatoms. The average Bonchev–Trinajstić information content (AvgIpc) is 2.80. The highest BCUT2D eigenvalue weighted by molar-refractivity contribution is 7.91. The Labute approximate surface area is 115 Å². The van der Waals surface area contributed by atoms with Gasteiger partial charge in [0.15, 0.2) is 14.8 Å². The molecule has 1 aromatic heterocycles. The SMILES string of the molecule is CC1CS(=O)(=O)CCN1Cc1csc(C(=O)NN)n1. The molecule has 2 rings (SSSR count). The van der Waals surface area contributed by atoms with Crippen LogP contribution in [0.25, 0.3) is 0 Å². The van der Waals surface area contributed by atoms with E-state index in [1.54, 1.807) is 5.38 Å². The number of nitrogens with zero attached hydrogens (tertiary/aromatic N) is 2. The molecule has 19 heavy (non-hydrogen) atoms. The molecule has 1 amide bonds. The minimum absolute atomic E-state index is 0.0350. The minimum Gasteiger partial charge on any atom is -0.293 e. The van der Waals surface area contributed by atoms with Crippen LogP contribution in [0.4, 0.5) is 0 Å². The van der Waals surface area contributed by atoms with Crippen molar-refractivity contribution in [3.8, 4) is 0 Å². The molecule has 1 aliphatic rings. The summed E-state index contributed by atoms with van der Waals surface area (Å²) < 4.78 is 23.0. The zero-order valence-electron chi connectivity index (χ0n) is 10.5. The summed E-state index contributed by atoms with van der Waals surface area (Å²) in [6.07, 6.45) is 0. The topological polar surface area (TPSA) is 105 Å². The number of nitrogens with two attached hydrogens (primary N) is 1. The Kier molecular flexibility index (Phi) is 4.19. The van der Waals surface area contributed by atoms with Gasteiger partial charge in [-0.15, -0.1) is 11.3 Å². The monoisotopic (exact) mass is 304 g/mol. The largest absolute Gasteiger partial charge is 0.294 e. The molecule has 0 spiro atoms. The number of rotatable bonds is 3. The van der Waals surface area contributed by atoms with E-state index >= 15 is 0 Å². The Hall–Kier alpha value is -1.03.